The molecule has 0 atom stereocenters. The first-order chi connectivity index (χ1) is 2.27. The standard InChI is InChI=1S/C2H6NOS/c1-5(2)3-4/h1-2H3/q+1. The third kappa shape index (κ3) is 3.95. The Hall–Kier alpha value is -0.0500. The first-order valence-electron chi connectivity index (χ1n) is 1.18. The molecular formula is C2H6NOS+. The topological polar surface area (TPSA) is 29.4 Å². The first kappa shape index (κ1) is 4.95. The molecule has 0 unspecified atom stereocenters. The molecule has 5 heavy (non-hydrogen) atoms. The SMILES string of the molecule is C[S+](C)N=O. The van der Waals surface area contributed by atoms with Crippen LogP contribution in [0.25, 0.3) is 0 Å². The molecule has 0 rings (SSSR count). The number of rotatable bonds is 1. The third-order valence-electron chi connectivity index (χ3n) is 0.149. The summed E-state index contributed by atoms with van der Waals surface area (Å²) in [5.74, 6) is 0. The second-order valence-corrected chi connectivity index (χ2v) is 2.54. The third-order valence-corrected chi connectivity index (χ3v) is 0.447. The lowest BCUT2D eigenvalue weighted by molar-refractivity contribution is 1.81. The maximum atomic E-state index is 9.27. The van der Waals surface area contributed by atoms with Gasteiger partial charge in [0.2, 0.25) is 0 Å². The Morgan fingerprint density at radius 1 is 1.60 bits per heavy atom. The summed E-state index contributed by atoms with van der Waals surface area (Å²) in [6, 6.07) is 0. The Kier molecular flexibility index (Phi) is 2.18. The number of nitroso groups, excluding NO2 is 1. The van der Waals surface area contributed by atoms with E-state index in [1.807, 2.05) is 0 Å². The van der Waals surface area contributed by atoms with E-state index in [2.05, 4.69) is 4.58 Å². The van der Waals surface area contributed by atoms with Crippen LogP contribution in [0.5, 0.6) is 0 Å². The fourth-order valence-corrected chi connectivity index (χ4v) is 0. The summed E-state index contributed by atoms with van der Waals surface area (Å²) < 4.78 is 2.67. The van der Waals surface area contributed by atoms with Gasteiger partial charge in [0, 0.05) is 0 Å². The smallest absolute Gasteiger partial charge is 0.0959 e. The quantitative estimate of drug-likeness (QED) is 0.343. The predicted octanol–water partition coefficient (Wildman–Crippen LogP) is 0.546. The zero-order valence-electron chi connectivity index (χ0n) is 3.26. The molecule has 0 aliphatic carbocycles. The molecule has 0 aromatic heterocycles. The van der Waals surface area contributed by atoms with Crippen LogP contribution in [0, 0.1) is 4.91 Å². The van der Waals surface area contributed by atoms with Crippen molar-refractivity contribution in [3.63, 3.8) is 0 Å². The van der Waals surface area contributed by atoms with E-state index < -0.39 is 0 Å². The van der Waals surface area contributed by atoms with Crippen LogP contribution in [0.3, 0.4) is 0 Å². The van der Waals surface area contributed by atoms with Crippen LogP contribution in [0.2, 0.25) is 0 Å². The monoisotopic (exact) mass is 92.0 g/mol. The van der Waals surface area contributed by atoms with Crippen molar-refractivity contribution < 1.29 is 0 Å². The molecule has 0 saturated heterocycles. The molecule has 0 saturated carbocycles. The molecule has 0 aromatic carbocycles. The molecule has 0 heterocycles. The largest absolute Gasteiger partial charge is 0.169 e. The highest BCUT2D eigenvalue weighted by molar-refractivity contribution is 7.94. The van der Waals surface area contributed by atoms with Crippen molar-refractivity contribution in [2.45, 2.75) is 0 Å². The van der Waals surface area contributed by atoms with Crippen LogP contribution in [-0.4, -0.2) is 12.5 Å². The summed E-state index contributed by atoms with van der Waals surface area (Å²) in [5, 5.41) is 0. The van der Waals surface area contributed by atoms with Gasteiger partial charge in [-0.15, -0.1) is 0 Å². The van der Waals surface area contributed by atoms with Crippen molar-refractivity contribution in [3.8, 4) is 0 Å². The van der Waals surface area contributed by atoms with E-state index in [1.54, 1.807) is 12.5 Å². The summed E-state index contributed by atoms with van der Waals surface area (Å²) >= 11 is -0.253. The molecule has 0 spiro atoms. The molecule has 0 N–H and O–H groups in total. The van der Waals surface area contributed by atoms with Crippen molar-refractivity contribution >= 4 is 11.1 Å². The van der Waals surface area contributed by atoms with Gasteiger partial charge in [0.05, 0.1) is 0 Å². The summed E-state index contributed by atoms with van der Waals surface area (Å²) in [5.41, 5.74) is 0. The minimum atomic E-state index is -0.253. The fourth-order valence-electron chi connectivity index (χ4n) is 0. The van der Waals surface area contributed by atoms with Gasteiger partial charge in [0.1, 0.15) is 12.5 Å². The highest BCUT2D eigenvalue weighted by Crippen LogP contribution is 1.78. The van der Waals surface area contributed by atoms with Crippen LogP contribution in [0.4, 0.5) is 0 Å². The minimum absolute atomic E-state index is 0.253. The van der Waals surface area contributed by atoms with Gasteiger partial charge < -0.3 is 0 Å². The molecule has 0 fully saturated rings. The van der Waals surface area contributed by atoms with Crippen LogP contribution < -0.4 is 0 Å². The number of hydrogen-bond acceptors (Lipinski definition) is 2. The van der Waals surface area contributed by atoms with E-state index >= 15 is 0 Å². The van der Waals surface area contributed by atoms with Gasteiger partial charge in [-0.2, -0.15) is 0 Å². The predicted molar refractivity (Wildman–Crippen MR) is 25.0 cm³/mol. The molecule has 0 bridgehead atoms. The lowest BCUT2D eigenvalue weighted by atomic mass is 11.9. The lowest BCUT2D eigenvalue weighted by Gasteiger charge is -1.64. The zero-order chi connectivity index (χ0) is 4.28. The minimum Gasteiger partial charge on any atom is -0.0959 e. The summed E-state index contributed by atoms with van der Waals surface area (Å²) in [6.45, 7) is 0. The van der Waals surface area contributed by atoms with Crippen LogP contribution in [0.15, 0.2) is 4.58 Å². The summed E-state index contributed by atoms with van der Waals surface area (Å²) in [6.07, 6.45) is 3.54. The van der Waals surface area contributed by atoms with Crippen molar-refractivity contribution in [2.24, 2.45) is 4.58 Å². The Bertz CT molecular complexity index is 36.6. The normalized spacial score (nSPS) is 8.60. The summed E-state index contributed by atoms with van der Waals surface area (Å²) in [7, 11) is 0. The maximum Gasteiger partial charge on any atom is 0.169 e. The van der Waals surface area contributed by atoms with Gasteiger partial charge in [-0.25, -0.2) is 0 Å². The molecule has 0 aliphatic rings. The second-order valence-electron chi connectivity index (χ2n) is 0.848. The van der Waals surface area contributed by atoms with Crippen LogP contribution >= 0.6 is 0 Å². The molecule has 2 nitrogen and oxygen atoms in total. The van der Waals surface area contributed by atoms with Gasteiger partial charge in [0.15, 0.2) is 15.7 Å². The number of hydrogen-bond donors (Lipinski definition) is 0. The molecule has 30 valence electrons. The van der Waals surface area contributed by atoms with Crippen molar-refractivity contribution in [1.82, 2.24) is 0 Å². The van der Waals surface area contributed by atoms with Crippen LogP contribution in [-0.2, 0) is 11.1 Å². The van der Waals surface area contributed by atoms with Gasteiger partial charge in [0.25, 0.3) is 0 Å². The molecule has 3 heteroatoms. The van der Waals surface area contributed by atoms with E-state index in [9.17, 15) is 4.91 Å². The van der Waals surface area contributed by atoms with Crippen molar-refractivity contribution in [1.29, 1.82) is 0 Å². The summed E-state index contributed by atoms with van der Waals surface area (Å²) in [4.78, 5) is 9.27. The Morgan fingerprint density at radius 2 is 1.80 bits per heavy atom. The maximum absolute atomic E-state index is 9.27. The second kappa shape index (κ2) is 2.20. The van der Waals surface area contributed by atoms with Crippen LogP contribution in [0.1, 0.15) is 0 Å². The highest BCUT2D eigenvalue weighted by atomic mass is 32.2. The van der Waals surface area contributed by atoms with E-state index in [-0.39, 0.29) is 11.1 Å². The first-order valence-corrected chi connectivity index (χ1v) is 3.18. The fraction of sp³-hybridized carbons (Fsp3) is 1.00. The van der Waals surface area contributed by atoms with E-state index in [0.717, 1.165) is 0 Å². The Balaban J connectivity index is 2.83. The van der Waals surface area contributed by atoms with Crippen molar-refractivity contribution in [3.05, 3.63) is 4.91 Å². The van der Waals surface area contributed by atoms with E-state index in [1.165, 1.54) is 0 Å². The van der Waals surface area contributed by atoms with Crippen molar-refractivity contribution in [2.75, 3.05) is 12.5 Å². The van der Waals surface area contributed by atoms with Gasteiger partial charge in [-0.1, -0.05) is 4.91 Å². The average molecular weight is 92.1 g/mol. The molecule has 0 radical (unpaired) electrons. The van der Waals surface area contributed by atoms with Gasteiger partial charge in [-0.05, 0) is 0 Å². The number of nitrogens with zero attached hydrogens (tertiary/aromatic N) is 1. The Morgan fingerprint density at radius 3 is 1.80 bits per heavy atom. The van der Waals surface area contributed by atoms with E-state index in [0.29, 0.717) is 0 Å². The molecular weight excluding hydrogens is 86.1 g/mol. The molecule has 0 amide bonds. The lowest BCUT2D eigenvalue weighted by Crippen LogP contribution is -1.82. The molecule has 0 aromatic rings. The highest BCUT2D eigenvalue weighted by Gasteiger charge is 1.93. The van der Waals surface area contributed by atoms with Gasteiger partial charge in [-0.3, -0.25) is 0 Å². The zero-order valence-corrected chi connectivity index (χ0v) is 4.08. The molecule has 0 aliphatic heterocycles. The van der Waals surface area contributed by atoms with E-state index in [4.69, 9.17) is 0 Å². The average Bonchev–Trinajstić information content (AvgIpc) is 1.38. The Labute approximate surface area is 34.0 Å². The van der Waals surface area contributed by atoms with Gasteiger partial charge >= 0.3 is 0 Å².